The van der Waals surface area contributed by atoms with Gasteiger partial charge in [0, 0.05) is 24.3 Å². The highest BCUT2D eigenvalue weighted by molar-refractivity contribution is 7.13. The molecule has 1 fully saturated rings. The molecule has 1 amide bonds. The van der Waals surface area contributed by atoms with Crippen LogP contribution in [-0.4, -0.2) is 32.9 Å². The molecule has 1 aliphatic rings. The lowest BCUT2D eigenvalue weighted by Crippen LogP contribution is -2.51. The molecule has 2 heterocycles. The molecule has 1 saturated carbocycles. The molecule has 0 radical (unpaired) electrons. The van der Waals surface area contributed by atoms with Crippen LogP contribution in [-0.2, 0) is 0 Å². The van der Waals surface area contributed by atoms with E-state index in [2.05, 4.69) is 20.3 Å². The van der Waals surface area contributed by atoms with Gasteiger partial charge in [-0.2, -0.15) is 0 Å². The van der Waals surface area contributed by atoms with Gasteiger partial charge >= 0.3 is 0 Å². The van der Waals surface area contributed by atoms with Gasteiger partial charge in [-0.1, -0.05) is 12.8 Å². The number of hydrogen-bond donors (Lipinski definition) is 2. The third-order valence-electron chi connectivity index (χ3n) is 3.85. The fourth-order valence-corrected chi connectivity index (χ4v) is 3.40. The summed E-state index contributed by atoms with van der Waals surface area (Å²) in [4.78, 5) is 24.9. The summed E-state index contributed by atoms with van der Waals surface area (Å²) in [6.45, 7) is 0.472. The first-order chi connectivity index (χ1) is 10.2. The van der Waals surface area contributed by atoms with Crippen LogP contribution in [0.5, 0.6) is 0 Å². The molecular formula is C14H17N5OS. The van der Waals surface area contributed by atoms with Crippen LogP contribution in [0.3, 0.4) is 0 Å². The first-order valence-electron chi connectivity index (χ1n) is 6.97. The Labute approximate surface area is 126 Å². The van der Waals surface area contributed by atoms with Crippen molar-refractivity contribution in [3.8, 4) is 10.7 Å². The molecule has 0 aliphatic heterocycles. The van der Waals surface area contributed by atoms with Gasteiger partial charge in [-0.3, -0.25) is 14.8 Å². The molecule has 0 spiro atoms. The van der Waals surface area contributed by atoms with E-state index in [9.17, 15) is 4.79 Å². The van der Waals surface area contributed by atoms with Gasteiger partial charge in [0.25, 0.3) is 5.91 Å². The fraction of sp³-hybridized carbons (Fsp3) is 0.429. The van der Waals surface area contributed by atoms with E-state index in [0.717, 1.165) is 25.7 Å². The minimum absolute atomic E-state index is 0.159. The number of carbonyl (C=O) groups is 1. The average molecular weight is 303 g/mol. The molecule has 2 aromatic heterocycles. The van der Waals surface area contributed by atoms with Crippen LogP contribution >= 0.6 is 11.3 Å². The van der Waals surface area contributed by atoms with Gasteiger partial charge in [0.15, 0.2) is 0 Å². The van der Waals surface area contributed by atoms with Crippen molar-refractivity contribution in [1.29, 1.82) is 0 Å². The Morgan fingerprint density at radius 2 is 2.19 bits per heavy atom. The van der Waals surface area contributed by atoms with E-state index in [-0.39, 0.29) is 11.4 Å². The van der Waals surface area contributed by atoms with Crippen LogP contribution in [0.4, 0.5) is 0 Å². The Kier molecular flexibility index (Phi) is 3.94. The second-order valence-electron chi connectivity index (χ2n) is 5.27. The van der Waals surface area contributed by atoms with Gasteiger partial charge in [0.05, 0.1) is 11.7 Å². The van der Waals surface area contributed by atoms with Crippen LogP contribution in [0.2, 0.25) is 0 Å². The molecule has 0 atom stereocenters. The van der Waals surface area contributed by atoms with Crippen LogP contribution < -0.4 is 11.1 Å². The highest BCUT2D eigenvalue weighted by Gasteiger charge is 2.34. The van der Waals surface area contributed by atoms with E-state index in [1.54, 1.807) is 24.0 Å². The van der Waals surface area contributed by atoms with Crippen molar-refractivity contribution in [2.75, 3.05) is 6.54 Å². The lowest BCUT2D eigenvalue weighted by Gasteiger charge is -2.28. The molecule has 3 rings (SSSR count). The van der Waals surface area contributed by atoms with Gasteiger partial charge in [-0.05, 0) is 12.8 Å². The molecule has 2 aromatic rings. The largest absolute Gasteiger partial charge is 0.344 e. The van der Waals surface area contributed by atoms with Crippen molar-refractivity contribution in [3.05, 3.63) is 29.7 Å². The number of carbonyl (C=O) groups excluding carboxylic acids is 1. The first kappa shape index (κ1) is 14.1. The van der Waals surface area contributed by atoms with E-state index in [1.807, 2.05) is 0 Å². The lowest BCUT2D eigenvalue weighted by molar-refractivity contribution is 0.0898. The predicted octanol–water partition coefficient (Wildman–Crippen LogP) is 1.60. The molecule has 7 heteroatoms. The smallest absolute Gasteiger partial charge is 0.271 e. The van der Waals surface area contributed by atoms with Gasteiger partial charge in [-0.25, -0.2) is 4.98 Å². The number of thiazole rings is 1. The van der Waals surface area contributed by atoms with E-state index in [0.29, 0.717) is 22.9 Å². The van der Waals surface area contributed by atoms with Crippen molar-refractivity contribution in [2.45, 2.75) is 31.2 Å². The number of aromatic nitrogens is 3. The number of rotatable bonds is 4. The lowest BCUT2D eigenvalue weighted by atomic mass is 9.98. The van der Waals surface area contributed by atoms with Crippen molar-refractivity contribution in [3.63, 3.8) is 0 Å². The van der Waals surface area contributed by atoms with Gasteiger partial charge in [-0.15, -0.1) is 11.3 Å². The highest BCUT2D eigenvalue weighted by Crippen LogP contribution is 2.29. The SMILES string of the molecule is NCC1(NC(=O)c2csc(-c3cnccn3)n2)CCCC1. The predicted molar refractivity (Wildman–Crippen MR) is 80.9 cm³/mol. The summed E-state index contributed by atoms with van der Waals surface area (Å²) in [5.41, 5.74) is 6.68. The van der Waals surface area contributed by atoms with Crippen LogP contribution in [0.1, 0.15) is 36.2 Å². The van der Waals surface area contributed by atoms with Gasteiger partial charge in [0.2, 0.25) is 0 Å². The Bertz CT molecular complexity index is 621. The zero-order valence-corrected chi connectivity index (χ0v) is 12.4. The molecule has 6 nitrogen and oxygen atoms in total. The normalized spacial score (nSPS) is 16.8. The number of nitrogens with two attached hydrogens (primary N) is 1. The third kappa shape index (κ3) is 2.93. The van der Waals surface area contributed by atoms with E-state index < -0.39 is 0 Å². The molecule has 0 aromatic carbocycles. The second-order valence-corrected chi connectivity index (χ2v) is 6.13. The number of nitrogens with one attached hydrogen (secondary N) is 1. The third-order valence-corrected chi connectivity index (χ3v) is 4.71. The fourth-order valence-electron chi connectivity index (χ4n) is 2.64. The Morgan fingerprint density at radius 3 is 2.86 bits per heavy atom. The number of nitrogens with zero attached hydrogens (tertiary/aromatic N) is 3. The average Bonchev–Trinajstić information content (AvgIpc) is 3.18. The maximum absolute atomic E-state index is 12.4. The van der Waals surface area contributed by atoms with Gasteiger partial charge in [0.1, 0.15) is 16.4 Å². The molecule has 0 bridgehead atoms. The van der Waals surface area contributed by atoms with E-state index in [1.165, 1.54) is 11.3 Å². The topological polar surface area (TPSA) is 93.8 Å². The molecule has 1 aliphatic carbocycles. The van der Waals surface area contributed by atoms with Crippen molar-refractivity contribution < 1.29 is 4.79 Å². The van der Waals surface area contributed by atoms with Crippen LogP contribution in [0, 0.1) is 0 Å². The summed E-state index contributed by atoms with van der Waals surface area (Å²) in [5.74, 6) is -0.159. The number of hydrogen-bond acceptors (Lipinski definition) is 6. The summed E-state index contributed by atoms with van der Waals surface area (Å²) in [6.07, 6.45) is 8.96. The first-order valence-corrected chi connectivity index (χ1v) is 7.85. The van der Waals surface area contributed by atoms with E-state index >= 15 is 0 Å². The zero-order chi connectivity index (χ0) is 14.7. The standard InChI is InChI=1S/C14H17N5OS/c15-9-14(3-1-2-4-14)19-12(20)11-8-21-13(18-11)10-7-16-5-6-17-10/h5-8H,1-4,9,15H2,(H,19,20). The highest BCUT2D eigenvalue weighted by atomic mass is 32.1. The molecule has 0 unspecified atom stereocenters. The molecule has 110 valence electrons. The van der Waals surface area contributed by atoms with Crippen molar-refractivity contribution in [1.82, 2.24) is 20.3 Å². The molecule has 3 N–H and O–H groups in total. The second kappa shape index (κ2) is 5.87. The minimum Gasteiger partial charge on any atom is -0.344 e. The van der Waals surface area contributed by atoms with Crippen molar-refractivity contribution >= 4 is 17.2 Å². The zero-order valence-electron chi connectivity index (χ0n) is 11.6. The summed E-state index contributed by atoms with van der Waals surface area (Å²) >= 11 is 1.39. The Hall–Kier alpha value is -1.86. The summed E-state index contributed by atoms with van der Waals surface area (Å²) in [5, 5.41) is 5.51. The van der Waals surface area contributed by atoms with Crippen LogP contribution in [0.25, 0.3) is 10.7 Å². The van der Waals surface area contributed by atoms with E-state index in [4.69, 9.17) is 5.73 Å². The molecular weight excluding hydrogens is 286 g/mol. The summed E-state index contributed by atoms with van der Waals surface area (Å²) in [6, 6.07) is 0. The Balaban J connectivity index is 1.75. The van der Waals surface area contributed by atoms with Crippen LogP contribution in [0.15, 0.2) is 24.0 Å². The number of amides is 1. The van der Waals surface area contributed by atoms with Crippen molar-refractivity contribution in [2.24, 2.45) is 5.73 Å². The minimum atomic E-state index is -0.257. The van der Waals surface area contributed by atoms with Gasteiger partial charge < -0.3 is 11.1 Å². The summed E-state index contributed by atoms with van der Waals surface area (Å²) < 4.78 is 0. The monoisotopic (exact) mass is 303 g/mol. The quantitative estimate of drug-likeness (QED) is 0.894. The maximum Gasteiger partial charge on any atom is 0.271 e. The maximum atomic E-state index is 12.4. The Morgan fingerprint density at radius 1 is 1.38 bits per heavy atom. The molecule has 0 saturated heterocycles. The molecule has 21 heavy (non-hydrogen) atoms. The summed E-state index contributed by atoms with van der Waals surface area (Å²) in [7, 11) is 0.